The fourth-order valence-electron chi connectivity index (χ4n) is 2.83. The molecule has 122 valence electrons. The minimum absolute atomic E-state index is 0.0819. The molecule has 0 saturated carbocycles. The zero-order chi connectivity index (χ0) is 17.6. The molecule has 0 fully saturated rings. The topological polar surface area (TPSA) is 63.2 Å². The van der Waals surface area contributed by atoms with Crippen LogP contribution in [0, 0.1) is 12.7 Å². The van der Waals surface area contributed by atoms with E-state index in [0.29, 0.717) is 22.5 Å². The van der Waals surface area contributed by atoms with Crippen molar-refractivity contribution in [3.8, 4) is 11.4 Å². The van der Waals surface area contributed by atoms with Crippen molar-refractivity contribution in [1.29, 1.82) is 0 Å². The van der Waals surface area contributed by atoms with Gasteiger partial charge in [0.15, 0.2) is 5.82 Å². The number of hydrogen-bond donors (Lipinski definition) is 0. The van der Waals surface area contributed by atoms with E-state index in [0.717, 1.165) is 4.90 Å². The molecule has 1 aliphatic rings. The van der Waals surface area contributed by atoms with Gasteiger partial charge < -0.3 is 0 Å². The first kappa shape index (κ1) is 15.1. The van der Waals surface area contributed by atoms with Crippen LogP contribution in [0.5, 0.6) is 0 Å². The second-order valence-corrected chi connectivity index (χ2v) is 5.67. The molecule has 2 aromatic heterocycles. The summed E-state index contributed by atoms with van der Waals surface area (Å²) >= 11 is 0. The molecule has 0 unspecified atom stereocenters. The Morgan fingerprint density at radius 2 is 1.64 bits per heavy atom. The summed E-state index contributed by atoms with van der Waals surface area (Å²) in [4.78, 5) is 34.5. The molecule has 4 rings (SSSR count). The number of fused-ring (bicyclic) bond motifs is 1. The van der Waals surface area contributed by atoms with E-state index >= 15 is 0 Å². The third kappa shape index (κ3) is 2.39. The van der Waals surface area contributed by atoms with Crippen LogP contribution in [0.2, 0.25) is 0 Å². The van der Waals surface area contributed by atoms with Crippen LogP contribution in [-0.4, -0.2) is 21.8 Å². The molecule has 2 amide bonds. The van der Waals surface area contributed by atoms with Crippen molar-refractivity contribution in [1.82, 2.24) is 9.97 Å². The van der Waals surface area contributed by atoms with E-state index in [4.69, 9.17) is 0 Å². The number of pyridine rings is 2. The largest absolute Gasteiger partial charge is 0.268 e. The molecule has 3 heterocycles. The summed E-state index contributed by atoms with van der Waals surface area (Å²) in [6.07, 6.45) is 1.43. The van der Waals surface area contributed by atoms with Gasteiger partial charge in [-0.1, -0.05) is 12.1 Å². The van der Waals surface area contributed by atoms with Gasteiger partial charge in [-0.2, -0.15) is 0 Å². The zero-order valence-corrected chi connectivity index (χ0v) is 13.2. The van der Waals surface area contributed by atoms with Crippen LogP contribution < -0.4 is 4.90 Å². The van der Waals surface area contributed by atoms with Crippen LogP contribution in [0.25, 0.3) is 11.4 Å². The van der Waals surface area contributed by atoms with Gasteiger partial charge in [-0.3, -0.25) is 14.6 Å². The van der Waals surface area contributed by atoms with Gasteiger partial charge in [0.1, 0.15) is 5.69 Å². The first-order chi connectivity index (χ1) is 12.1. The maximum Gasteiger partial charge on any atom is 0.266 e. The van der Waals surface area contributed by atoms with Crippen molar-refractivity contribution in [3.63, 3.8) is 0 Å². The van der Waals surface area contributed by atoms with E-state index in [-0.39, 0.29) is 11.4 Å². The molecule has 0 atom stereocenters. The number of imide groups is 1. The summed E-state index contributed by atoms with van der Waals surface area (Å²) in [5.74, 6) is -1.33. The van der Waals surface area contributed by atoms with E-state index in [1.54, 1.807) is 43.3 Å². The minimum atomic E-state index is -0.516. The standard InChI is InChI=1S/C19H12FN3O2/c1-11-6-7-15(20)17(22-11)16-10-12(8-9-21-16)23-18(24)13-4-2-3-5-14(13)19(23)25/h2-10H,1H3. The number of halogens is 1. The number of hydrogen-bond acceptors (Lipinski definition) is 4. The van der Waals surface area contributed by atoms with E-state index in [9.17, 15) is 14.0 Å². The van der Waals surface area contributed by atoms with Gasteiger partial charge in [0, 0.05) is 11.9 Å². The fourth-order valence-corrected chi connectivity index (χ4v) is 2.83. The summed E-state index contributed by atoms with van der Waals surface area (Å²) in [6.45, 7) is 1.75. The Morgan fingerprint density at radius 3 is 2.32 bits per heavy atom. The van der Waals surface area contributed by atoms with Gasteiger partial charge in [-0.25, -0.2) is 14.3 Å². The number of amides is 2. The van der Waals surface area contributed by atoms with Crippen LogP contribution in [0.3, 0.4) is 0 Å². The van der Waals surface area contributed by atoms with Gasteiger partial charge in [0.25, 0.3) is 11.8 Å². The molecule has 0 spiro atoms. The van der Waals surface area contributed by atoms with Crippen molar-refractivity contribution >= 4 is 17.5 Å². The molecule has 5 nitrogen and oxygen atoms in total. The number of carbonyl (C=O) groups excluding carboxylic acids is 2. The zero-order valence-electron chi connectivity index (χ0n) is 13.2. The highest BCUT2D eigenvalue weighted by atomic mass is 19.1. The summed E-state index contributed by atoms with van der Waals surface area (Å²) in [5.41, 5.74) is 2.02. The predicted octanol–water partition coefficient (Wildman–Crippen LogP) is 3.39. The van der Waals surface area contributed by atoms with Gasteiger partial charge in [-0.05, 0) is 43.3 Å². The van der Waals surface area contributed by atoms with Gasteiger partial charge in [0.2, 0.25) is 0 Å². The van der Waals surface area contributed by atoms with Crippen LogP contribution in [0.15, 0.2) is 54.7 Å². The third-order valence-electron chi connectivity index (χ3n) is 4.02. The molecule has 0 saturated heterocycles. The Balaban J connectivity index is 1.80. The Kier molecular flexibility index (Phi) is 3.39. The number of benzene rings is 1. The Morgan fingerprint density at radius 1 is 0.960 bits per heavy atom. The molecule has 0 bridgehead atoms. The molecule has 1 aliphatic heterocycles. The number of rotatable bonds is 2. The Bertz CT molecular complexity index is 998. The van der Waals surface area contributed by atoms with E-state index in [1.807, 2.05) is 0 Å². The monoisotopic (exact) mass is 333 g/mol. The second kappa shape index (κ2) is 5.59. The number of nitrogens with zero attached hydrogens (tertiary/aromatic N) is 3. The summed E-state index contributed by atoms with van der Waals surface area (Å²) in [7, 11) is 0. The average molecular weight is 333 g/mol. The van der Waals surface area contributed by atoms with E-state index in [2.05, 4.69) is 9.97 Å². The first-order valence-corrected chi connectivity index (χ1v) is 7.63. The summed E-state index contributed by atoms with van der Waals surface area (Å²) in [6, 6.07) is 12.5. The maximum atomic E-state index is 14.1. The fraction of sp³-hybridized carbons (Fsp3) is 0.0526. The number of aryl methyl sites for hydroxylation is 1. The lowest BCUT2D eigenvalue weighted by molar-refractivity contribution is 0.0926. The first-order valence-electron chi connectivity index (χ1n) is 7.63. The SMILES string of the molecule is Cc1ccc(F)c(-c2cc(N3C(=O)c4ccccc4C3=O)ccn2)n1. The molecule has 0 aliphatic carbocycles. The number of aromatic nitrogens is 2. The van der Waals surface area contributed by atoms with Crippen molar-refractivity contribution < 1.29 is 14.0 Å². The average Bonchev–Trinajstić information content (AvgIpc) is 2.88. The smallest absolute Gasteiger partial charge is 0.266 e. The van der Waals surface area contributed by atoms with E-state index < -0.39 is 17.6 Å². The second-order valence-electron chi connectivity index (χ2n) is 5.67. The van der Waals surface area contributed by atoms with Crippen molar-refractivity contribution in [3.05, 3.63) is 77.4 Å². The lowest BCUT2D eigenvalue weighted by Crippen LogP contribution is -2.29. The van der Waals surface area contributed by atoms with Crippen LogP contribution in [-0.2, 0) is 0 Å². The normalized spacial score (nSPS) is 13.3. The van der Waals surface area contributed by atoms with Crippen LogP contribution in [0.1, 0.15) is 26.4 Å². The van der Waals surface area contributed by atoms with Crippen molar-refractivity contribution in [2.75, 3.05) is 4.90 Å². The summed E-state index contributed by atoms with van der Waals surface area (Å²) in [5, 5.41) is 0. The van der Waals surface area contributed by atoms with Gasteiger partial charge in [-0.15, -0.1) is 0 Å². The maximum absolute atomic E-state index is 14.1. The molecular weight excluding hydrogens is 321 g/mol. The van der Waals surface area contributed by atoms with Crippen LogP contribution >= 0.6 is 0 Å². The van der Waals surface area contributed by atoms with Gasteiger partial charge >= 0.3 is 0 Å². The Labute approximate surface area is 142 Å². The highest BCUT2D eigenvalue weighted by Crippen LogP contribution is 2.30. The van der Waals surface area contributed by atoms with Crippen molar-refractivity contribution in [2.24, 2.45) is 0 Å². The van der Waals surface area contributed by atoms with Crippen molar-refractivity contribution in [2.45, 2.75) is 6.92 Å². The molecule has 1 aromatic carbocycles. The highest BCUT2D eigenvalue weighted by Gasteiger charge is 2.36. The van der Waals surface area contributed by atoms with Crippen LogP contribution in [0.4, 0.5) is 10.1 Å². The molecule has 6 heteroatoms. The lowest BCUT2D eigenvalue weighted by Gasteiger charge is -2.14. The molecule has 25 heavy (non-hydrogen) atoms. The number of carbonyl (C=O) groups is 2. The highest BCUT2D eigenvalue weighted by molar-refractivity contribution is 6.34. The molecular formula is C19H12FN3O2. The van der Waals surface area contributed by atoms with Gasteiger partial charge in [0.05, 0.1) is 22.5 Å². The molecule has 3 aromatic rings. The van der Waals surface area contributed by atoms with E-state index in [1.165, 1.54) is 18.3 Å². The third-order valence-corrected chi connectivity index (χ3v) is 4.02. The number of anilines is 1. The minimum Gasteiger partial charge on any atom is -0.268 e. The molecule has 0 N–H and O–H groups in total. The predicted molar refractivity (Wildman–Crippen MR) is 89.7 cm³/mol. The Hall–Kier alpha value is -3.41. The lowest BCUT2D eigenvalue weighted by atomic mass is 10.1. The summed E-state index contributed by atoms with van der Waals surface area (Å²) < 4.78 is 14.1. The quantitative estimate of drug-likeness (QED) is 0.674. The molecule has 0 radical (unpaired) electrons.